The molecule has 0 aromatic heterocycles. The summed E-state index contributed by atoms with van der Waals surface area (Å²) in [7, 11) is -11.5. The van der Waals surface area contributed by atoms with Gasteiger partial charge in [0.2, 0.25) is 0 Å². The van der Waals surface area contributed by atoms with Crippen molar-refractivity contribution in [3.8, 4) is 0 Å². The lowest BCUT2D eigenvalue weighted by molar-refractivity contribution is -0.122. The maximum atomic E-state index is 12.2. The van der Waals surface area contributed by atoms with Gasteiger partial charge in [-0.15, -0.1) is 0 Å². The summed E-state index contributed by atoms with van der Waals surface area (Å²) in [5.41, 5.74) is -13.1. The van der Waals surface area contributed by atoms with E-state index in [0.717, 1.165) is 22.4 Å². The molecule has 3 aliphatic rings. The molecule has 0 spiro atoms. The molecule has 0 aromatic carbocycles. The molecule has 0 aromatic rings. The summed E-state index contributed by atoms with van der Waals surface area (Å²) < 4.78 is 140. The van der Waals surface area contributed by atoms with Gasteiger partial charge in [0, 0.05) is 38.7 Å². The number of ether oxygens (including phenoxy) is 3. The minimum absolute atomic E-state index is 0.0192. The van der Waals surface area contributed by atoms with Crippen LogP contribution in [0, 0.1) is 0 Å². The molecule has 24 heteroatoms. The van der Waals surface area contributed by atoms with Gasteiger partial charge in [-0.3, -0.25) is 9.69 Å². The summed E-state index contributed by atoms with van der Waals surface area (Å²) in [5.74, 6) is -0.795. The van der Waals surface area contributed by atoms with Gasteiger partial charge in [0.1, 0.15) is 28.3 Å². The van der Waals surface area contributed by atoms with Crippen molar-refractivity contribution >= 4 is 44.3 Å². The van der Waals surface area contributed by atoms with Crippen LogP contribution in [-0.2, 0) is 47.6 Å². The van der Waals surface area contributed by atoms with E-state index in [4.69, 9.17) is 14.2 Å². The predicted octanol–water partition coefficient (Wildman–Crippen LogP) is 6.69. The molecule has 3 aliphatic heterocycles. The lowest BCUT2D eigenvalue weighted by atomic mass is 10.1. The third-order valence-corrected chi connectivity index (χ3v) is 8.42. The maximum Gasteiger partial charge on any atom is 0.534 e. The molecule has 56 heavy (non-hydrogen) atoms. The second-order valence-electron chi connectivity index (χ2n) is 15.2. The van der Waals surface area contributed by atoms with Gasteiger partial charge in [-0.25, -0.2) is 14.4 Å². The van der Waals surface area contributed by atoms with Crippen LogP contribution in [0.25, 0.3) is 0 Å². The lowest BCUT2D eigenvalue weighted by Gasteiger charge is -2.29. The molecular weight excluding hydrogens is 812 g/mol. The van der Waals surface area contributed by atoms with E-state index in [9.17, 15) is 62.4 Å². The number of alkyl halides is 6. The Morgan fingerprint density at radius 3 is 1.43 bits per heavy atom. The highest BCUT2D eigenvalue weighted by Gasteiger charge is 2.50. The zero-order chi connectivity index (χ0) is 43.7. The summed E-state index contributed by atoms with van der Waals surface area (Å²) in [4.78, 5) is 49.7. The van der Waals surface area contributed by atoms with Crippen molar-refractivity contribution < 1.29 is 84.9 Å². The molecule has 0 N–H and O–H groups in total. The molecule has 0 unspecified atom stereocenters. The third-order valence-electron chi connectivity index (χ3n) is 6.42. The van der Waals surface area contributed by atoms with Gasteiger partial charge in [0.25, 0.3) is 0 Å². The van der Waals surface area contributed by atoms with Gasteiger partial charge in [0.15, 0.2) is 5.78 Å². The normalized spacial score (nSPS) is 17.5. The van der Waals surface area contributed by atoms with Crippen LogP contribution in [0.4, 0.5) is 40.7 Å². The van der Waals surface area contributed by atoms with Gasteiger partial charge in [0.05, 0.1) is 13.1 Å². The molecule has 3 rings (SSSR count). The van der Waals surface area contributed by atoms with Crippen LogP contribution in [0.3, 0.4) is 0 Å². The zero-order valence-electron chi connectivity index (χ0n) is 32.5. The molecule has 0 radical (unpaired) electrons. The highest BCUT2D eigenvalue weighted by Crippen LogP contribution is 2.30. The number of piperidine rings is 1. The zero-order valence-corrected chi connectivity index (χ0v) is 34.1. The first kappa shape index (κ1) is 50.1. The summed E-state index contributed by atoms with van der Waals surface area (Å²) in [5, 5.41) is 0. The van der Waals surface area contributed by atoms with Crippen LogP contribution in [-0.4, -0.2) is 116 Å². The number of carbonyl (C=O) groups is 4. The molecular formula is C32H49F6N3O13S2. The molecule has 3 amide bonds. The standard InChI is InChI=1S/2C11H16F3NO5S.C10H17NO3/c2*1-10(2,3)19-9(16)15-6-4-5-8(7-15)20-21(17,18)11(12,13)14;1-10(2,3)14-9(13)11-6-4-5-8(12)7-11/h7H,4-6H2,1-3H3;5H,4,6-7H2,1-3H3;4-7H2,1-3H3. The molecule has 0 bridgehead atoms. The predicted molar refractivity (Wildman–Crippen MR) is 185 cm³/mol. The number of amides is 3. The Morgan fingerprint density at radius 1 is 0.589 bits per heavy atom. The number of nitrogens with zero attached hydrogens (tertiary/aromatic N) is 3. The number of Topliss-reactive ketones (excluding diaryl/α,β-unsaturated/α-hetero) is 1. The number of rotatable bonds is 4. The van der Waals surface area contributed by atoms with E-state index in [1.807, 2.05) is 20.8 Å². The van der Waals surface area contributed by atoms with Crippen LogP contribution in [0.1, 0.15) is 94.4 Å². The van der Waals surface area contributed by atoms with Gasteiger partial charge in [-0.05, 0) is 87.7 Å². The summed E-state index contributed by atoms with van der Waals surface area (Å²) in [6.07, 6.45) is 1.94. The fourth-order valence-corrected chi connectivity index (χ4v) is 5.21. The van der Waals surface area contributed by atoms with Crippen LogP contribution >= 0.6 is 0 Å². The Hall–Kier alpha value is -3.96. The van der Waals surface area contributed by atoms with Gasteiger partial charge < -0.3 is 32.4 Å². The molecule has 16 nitrogen and oxygen atoms in total. The first-order valence-electron chi connectivity index (χ1n) is 16.9. The second kappa shape index (κ2) is 19.0. The van der Waals surface area contributed by atoms with E-state index in [2.05, 4.69) is 8.37 Å². The lowest BCUT2D eigenvalue weighted by Crippen LogP contribution is -2.43. The van der Waals surface area contributed by atoms with Crippen LogP contribution < -0.4 is 0 Å². The van der Waals surface area contributed by atoms with Crippen LogP contribution in [0.15, 0.2) is 23.8 Å². The maximum absolute atomic E-state index is 12.2. The van der Waals surface area contributed by atoms with Gasteiger partial charge in [-0.1, -0.05) is 0 Å². The van der Waals surface area contributed by atoms with E-state index < -0.39 is 78.3 Å². The minimum atomic E-state index is -5.73. The summed E-state index contributed by atoms with van der Waals surface area (Å²) in [6.45, 7) is 16.1. The fourth-order valence-electron chi connectivity index (χ4n) is 4.21. The van der Waals surface area contributed by atoms with Crippen molar-refractivity contribution in [1.29, 1.82) is 0 Å². The van der Waals surface area contributed by atoms with Crippen molar-refractivity contribution in [1.82, 2.24) is 14.7 Å². The number of carbonyl (C=O) groups excluding carboxylic acids is 4. The monoisotopic (exact) mass is 861 g/mol. The first-order valence-corrected chi connectivity index (χ1v) is 19.7. The molecule has 0 saturated carbocycles. The molecule has 1 fully saturated rings. The highest BCUT2D eigenvalue weighted by atomic mass is 32.2. The first-order chi connectivity index (χ1) is 25.0. The van der Waals surface area contributed by atoms with Crippen molar-refractivity contribution in [2.45, 2.75) is 122 Å². The fraction of sp³-hybridized carbons (Fsp3) is 0.750. The number of halogens is 6. The average Bonchev–Trinajstić information content (AvgIpc) is 2.98. The average molecular weight is 862 g/mol. The van der Waals surface area contributed by atoms with Crippen LogP contribution in [0.2, 0.25) is 0 Å². The van der Waals surface area contributed by atoms with E-state index in [1.165, 1.54) is 11.0 Å². The van der Waals surface area contributed by atoms with E-state index in [1.54, 1.807) is 41.5 Å². The van der Waals surface area contributed by atoms with Crippen molar-refractivity contribution in [2.75, 3.05) is 32.7 Å². The molecule has 3 heterocycles. The summed E-state index contributed by atoms with van der Waals surface area (Å²) >= 11 is 0. The number of allylic oxidation sites excluding steroid dienone is 1. The third kappa shape index (κ3) is 18.3. The van der Waals surface area contributed by atoms with Gasteiger partial charge in [-0.2, -0.15) is 43.2 Å². The Labute approximate surface area is 322 Å². The van der Waals surface area contributed by atoms with E-state index in [-0.39, 0.29) is 50.8 Å². The van der Waals surface area contributed by atoms with Crippen molar-refractivity contribution in [3.05, 3.63) is 23.8 Å². The number of hydrogen-bond acceptors (Lipinski definition) is 13. The van der Waals surface area contributed by atoms with Gasteiger partial charge >= 0.3 is 49.5 Å². The minimum Gasteiger partial charge on any atom is -0.444 e. The number of likely N-dealkylation sites (tertiary alicyclic amines) is 1. The van der Waals surface area contributed by atoms with Crippen LogP contribution in [0.5, 0.6) is 0 Å². The quantitative estimate of drug-likeness (QED) is 0.126. The molecule has 324 valence electrons. The smallest absolute Gasteiger partial charge is 0.444 e. The second-order valence-corrected chi connectivity index (χ2v) is 18.3. The molecule has 0 atom stereocenters. The largest absolute Gasteiger partial charge is 0.534 e. The topological polar surface area (TPSA) is 192 Å². The Balaban J connectivity index is 0.000000429. The SMILES string of the molecule is CC(C)(C)OC(=O)N1C=C(OS(=O)(=O)C(F)(F)F)CCC1.CC(C)(C)OC(=O)N1CCC=C(OS(=O)(=O)C(F)(F)F)C1.CC(C)(C)OC(=O)N1CCCC(=O)C1. The Bertz CT molecular complexity index is 1690. The molecule has 0 aliphatic carbocycles. The van der Waals surface area contributed by atoms with E-state index in [0.29, 0.717) is 13.0 Å². The Kier molecular flexibility index (Phi) is 17.0. The number of hydrogen-bond donors (Lipinski definition) is 0. The van der Waals surface area contributed by atoms with Crippen molar-refractivity contribution in [3.63, 3.8) is 0 Å². The van der Waals surface area contributed by atoms with E-state index >= 15 is 0 Å². The summed E-state index contributed by atoms with van der Waals surface area (Å²) in [6, 6.07) is 0. The molecule has 1 saturated heterocycles. The Morgan fingerprint density at radius 2 is 1.00 bits per heavy atom. The van der Waals surface area contributed by atoms with Crippen molar-refractivity contribution in [2.24, 2.45) is 0 Å². The number of ketones is 1. The highest BCUT2D eigenvalue weighted by molar-refractivity contribution is 7.88.